The molecule has 3 aliphatic rings. The fourth-order valence-corrected chi connectivity index (χ4v) is 3.87. The molecule has 1 N–H and O–H groups in total. The first kappa shape index (κ1) is 11.9. The van der Waals surface area contributed by atoms with Crippen molar-refractivity contribution in [3.8, 4) is 0 Å². The molecule has 1 saturated heterocycles. The van der Waals surface area contributed by atoms with Crippen LogP contribution in [0, 0.1) is 6.92 Å². The summed E-state index contributed by atoms with van der Waals surface area (Å²) in [5, 5.41) is 3.93. The first-order valence-electron chi connectivity index (χ1n) is 7.89. The Morgan fingerprint density at radius 1 is 1.16 bits per heavy atom. The first-order chi connectivity index (χ1) is 9.29. The maximum atomic E-state index is 3.93. The molecule has 2 nitrogen and oxygen atoms in total. The topological polar surface area (TPSA) is 15.3 Å². The predicted octanol–water partition coefficient (Wildman–Crippen LogP) is 2.81. The summed E-state index contributed by atoms with van der Waals surface area (Å²) in [6, 6.07) is 9.25. The van der Waals surface area contributed by atoms with Gasteiger partial charge in [-0.1, -0.05) is 23.8 Å². The third-order valence-electron chi connectivity index (χ3n) is 5.10. The average Bonchev–Trinajstić information content (AvgIpc) is 3.04. The molecule has 1 aromatic rings. The minimum absolute atomic E-state index is 0.610. The van der Waals surface area contributed by atoms with Crippen molar-refractivity contribution in [1.29, 1.82) is 0 Å². The van der Waals surface area contributed by atoms with Gasteiger partial charge in [-0.25, -0.2) is 0 Å². The number of hydrogen-bond donors (Lipinski definition) is 1. The van der Waals surface area contributed by atoms with Crippen molar-refractivity contribution in [2.75, 3.05) is 13.1 Å². The molecule has 2 unspecified atom stereocenters. The Morgan fingerprint density at radius 2 is 2.05 bits per heavy atom. The van der Waals surface area contributed by atoms with Gasteiger partial charge in [0.15, 0.2) is 0 Å². The minimum atomic E-state index is 0.610. The van der Waals surface area contributed by atoms with Crippen LogP contribution in [0.2, 0.25) is 0 Å². The second-order valence-electron chi connectivity index (χ2n) is 6.67. The van der Waals surface area contributed by atoms with Gasteiger partial charge in [0.2, 0.25) is 0 Å². The molecule has 1 aromatic carbocycles. The largest absolute Gasteiger partial charge is 0.306 e. The van der Waals surface area contributed by atoms with E-state index in [0.717, 1.165) is 12.1 Å². The molecule has 0 amide bonds. The van der Waals surface area contributed by atoms with Crippen LogP contribution in [0.4, 0.5) is 0 Å². The minimum Gasteiger partial charge on any atom is -0.306 e. The van der Waals surface area contributed by atoms with Crippen LogP contribution in [-0.2, 0) is 6.42 Å². The molecule has 0 bridgehead atoms. The Hall–Kier alpha value is -0.860. The van der Waals surface area contributed by atoms with Crippen LogP contribution < -0.4 is 5.32 Å². The molecular weight excluding hydrogens is 232 g/mol. The van der Waals surface area contributed by atoms with Crippen molar-refractivity contribution in [2.24, 2.45) is 0 Å². The van der Waals surface area contributed by atoms with Crippen molar-refractivity contribution in [1.82, 2.24) is 10.2 Å². The lowest BCUT2D eigenvalue weighted by atomic mass is 10.0. The summed E-state index contributed by atoms with van der Waals surface area (Å²) < 4.78 is 0. The molecule has 2 heteroatoms. The normalized spacial score (nSPS) is 30.8. The molecule has 2 fully saturated rings. The number of aryl methyl sites for hydroxylation is 2. The van der Waals surface area contributed by atoms with E-state index < -0.39 is 0 Å². The van der Waals surface area contributed by atoms with Crippen molar-refractivity contribution in [3.05, 3.63) is 34.9 Å². The first-order valence-corrected chi connectivity index (χ1v) is 7.89. The highest BCUT2D eigenvalue weighted by Crippen LogP contribution is 2.34. The second-order valence-corrected chi connectivity index (χ2v) is 6.67. The summed E-state index contributed by atoms with van der Waals surface area (Å²) in [5.41, 5.74) is 4.54. The monoisotopic (exact) mass is 256 g/mol. The predicted molar refractivity (Wildman–Crippen MR) is 78.4 cm³/mol. The Bertz CT molecular complexity index is 478. The zero-order valence-electron chi connectivity index (χ0n) is 11.9. The van der Waals surface area contributed by atoms with Crippen molar-refractivity contribution < 1.29 is 0 Å². The average molecular weight is 256 g/mol. The lowest BCUT2D eigenvalue weighted by Crippen LogP contribution is -2.35. The van der Waals surface area contributed by atoms with Gasteiger partial charge in [-0.2, -0.15) is 0 Å². The number of rotatable bonds is 3. The number of benzene rings is 1. The fraction of sp³-hybridized carbons (Fsp3) is 0.647. The Kier molecular flexibility index (Phi) is 2.89. The summed E-state index contributed by atoms with van der Waals surface area (Å²) >= 11 is 0. The van der Waals surface area contributed by atoms with Crippen molar-refractivity contribution in [2.45, 2.75) is 57.2 Å². The second kappa shape index (κ2) is 4.60. The van der Waals surface area contributed by atoms with E-state index in [1.165, 1.54) is 50.8 Å². The van der Waals surface area contributed by atoms with Crippen LogP contribution in [0.5, 0.6) is 0 Å². The number of likely N-dealkylation sites (tertiary alicyclic amines) is 1. The van der Waals surface area contributed by atoms with E-state index in [9.17, 15) is 0 Å². The lowest BCUT2D eigenvalue weighted by molar-refractivity contribution is 0.312. The van der Waals surface area contributed by atoms with Gasteiger partial charge < -0.3 is 5.32 Å². The Morgan fingerprint density at radius 3 is 2.89 bits per heavy atom. The van der Waals surface area contributed by atoms with E-state index in [1.807, 2.05) is 0 Å². The number of nitrogens with zero attached hydrogens (tertiary/aromatic N) is 1. The SMILES string of the molecule is Cc1ccc2c(c1)C(NC1CCN(C3CC3)C1)CC2. The molecule has 1 heterocycles. The molecule has 1 saturated carbocycles. The van der Waals surface area contributed by atoms with E-state index in [-0.39, 0.29) is 0 Å². The molecule has 0 aromatic heterocycles. The van der Waals surface area contributed by atoms with Gasteiger partial charge in [0, 0.05) is 31.2 Å². The van der Waals surface area contributed by atoms with Crippen LogP contribution in [0.1, 0.15) is 48.4 Å². The van der Waals surface area contributed by atoms with Gasteiger partial charge in [0.05, 0.1) is 0 Å². The fourth-order valence-electron chi connectivity index (χ4n) is 3.87. The van der Waals surface area contributed by atoms with Crippen LogP contribution in [0.15, 0.2) is 18.2 Å². The highest BCUT2D eigenvalue weighted by atomic mass is 15.2. The summed E-state index contributed by atoms with van der Waals surface area (Å²) in [7, 11) is 0. The van der Waals surface area contributed by atoms with Crippen molar-refractivity contribution >= 4 is 0 Å². The molecule has 2 atom stereocenters. The van der Waals surface area contributed by atoms with Crippen LogP contribution in [0.25, 0.3) is 0 Å². The quantitative estimate of drug-likeness (QED) is 0.894. The molecular formula is C17H24N2. The number of nitrogens with one attached hydrogen (secondary N) is 1. The van der Waals surface area contributed by atoms with E-state index in [0.29, 0.717) is 6.04 Å². The van der Waals surface area contributed by atoms with Gasteiger partial charge in [-0.15, -0.1) is 0 Å². The molecule has 0 spiro atoms. The third kappa shape index (κ3) is 2.32. The lowest BCUT2D eigenvalue weighted by Gasteiger charge is -2.21. The molecule has 1 aliphatic heterocycles. The summed E-state index contributed by atoms with van der Waals surface area (Å²) in [4.78, 5) is 2.70. The molecule has 19 heavy (non-hydrogen) atoms. The van der Waals surface area contributed by atoms with Gasteiger partial charge in [0.1, 0.15) is 0 Å². The zero-order chi connectivity index (χ0) is 12.8. The third-order valence-corrected chi connectivity index (χ3v) is 5.10. The van der Waals surface area contributed by atoms with E-state index in [1.54, 1.807) is 11.1 Å². The highest BCUT2D eigenvalue weighted by molar-refractivity contribution is 5.37. The number of fused-ring (bicyclic) bond motifs is 1. The van der Waals surface area contributed by atoms with Crippen molar-refractivity contribution in [3.63, 3.8) is 0 Å². The Balaban J connectivity index is 1.43. The maximum absolute atomic E-state index is 3.93. The van der Waals surface area contributed by atoms with E-state index in [4.69, 9.17) is 0 Å². The van der Waals surface area contributed by atoms with Gasteiger partial charge in [-0.3, -0.25) is 4.90 Å². The Labute approximate surface area is 116 Å². The summed E-state index contributed by atoms with van der Waals surface area (Å²) in [6.45, 7) is 4.80. The zero-order valence-corrected chi connectivity index (χ0v) is 11.9. The molecule has 4 rings (SSSR count). The van der Waals surface area contributed by atoms with Crippen LogP contribution in [-0.4, -0.2) is 30.1 Å². The van der Waals surface area contributed by atoms with Gasteiger partial charge in [0.25, 0.3) is 0 Å². The van der Waals surface area contributed by atoms with Crippen LogP contribution >= 0.6 is 0 Å². The maximum Gasteiger partial charge on any atom is 0.0329 e. The molecule has 2 aliphatic carbocycles. The summed E-state index contributed by atoms with van der Waals surface area (Å²) in [6.07, 6.45) is 6.77. The molecule has 102 valence electrons. The van der Waals surface area contributed by atoms with Gasteiger partial charge in [-0.05, 0) is 50.2 Å². The van der Waals surface area contributed by atoms with Crippen LogP contribution in [0.3, 0.4) is 0 Å². The number of hydrogen-bond acceptors (Lipinski definition) is 2. The van der Waals surface area contributed by atoms with E-state index in [2.05, 4.69) is 35.3 Å². The van der Waals surface area contributed by atoms with Gasteiger partial charge >= 0.3 is 0 Å². The highest BCUT2D eigenvalue weighted by Gasteiger charge is 2.35. The summed E-state index contributed by atoms with van der Waals surface area (Å²) in [5.74, 6) is 0. The molecule has 0 radical (unpaired) electrons. The smallest absolute Gasteiger partial charge is 0.0329 e. The standard InChI is InChI=1S/C17H24N2/c1-12-2-3-13-4-7-17(16(13)10-12)18-14-8-9-19(11-14)15-5-6-15/h2-3,10,14-15,17-18H,4-9,11H2,1H3. The van der Waals surface area contributed by atoms with E-state index >= 15 is 0 Å².